The van der Waals surface area contributed by atoms with E-state index in [1.54, 1.807) is 18.2 Å². The van der Waals surface area contributed by atoms with E-state index in [1.807, 2.05) is 6.92 Å². The SMILES string of the molecule is CCN(CC)CC(C)Nc1cccc(N)c1[N+](=O)[O-]. The van der Waals surface area contributed by atoms with E-state index in [9.17, 15) is 10.1 Å². The van der Waals surface area contributed by atoms with Gasteiger partial charge in [-0.3, -0.25) is 10.1 Å². The van der Waals surface area contributed by atoms with Crippen LogP contribution in [0.1, 0.15) is 20.8 Å². The molecule has 0 saturated carbocycles. The van der Waals surface area contributed by atoms with Gasteiger partial charge in [0.25, 0.3) is 0 Å². The lowest BCUT2D eigenvalue weighted by atomic mass is 10.2. The Balaban J connectivity index is 2.82. The number of benzene rings is 1. The number of para-hydroxylation sites is 1. The van der Waals surface area contributed by atoms with Crippen molar-refractivity contribution < 1.29 is 4.92 Å². The largest absolute Gasteiger partial charge is 0.393 e. The molecule has 0 bridgehead atoms. The third-order valence-electron chi connectivity index (χ3n) is 3.08. The second-order valence-corrected chi connectivity index (χ2v) is 4.53. The van der Waals surface area contributed by atoms with Gasteiger partial charge in [-0.25, -0.2) is 0 Å². The third kappa shape index (κ3) is 4.10. The van der Waals surface area contributed by atoms with E-state index in [2.05, 4.69) is 24.1 Å². The first-order chi connectivity index (χ1) is 8.99. The molecule has 0 heterocycles. The number of nitrogens with two attached hydrogens (primary N) is 1. The number of nitrogens with one attached hydrogen (secondary N) is 1. The van der Waals surface area contributed by atoms with Crippen molar-refractivity contribution >= 4 is 17.1 Å². The lowest BCUT2D eigenvalue weighted by molar-refractivity contribution is -0.383. The number of nitrogen functional groups attached to an aromatic ring is 1. The molecule has 0 fully saturated rings. The van der Waals surface area contributed by atoms with Crippen molar-refractivity contribution in [3.8, 4) is 0 Å². The molecule has 0 aliphatic carbocycles. The van der Waals surface area contributed by atoms with Gasteiger partial charge in [0, 0.05) is 12.6 Å². The number of hydrogen-bond acceptors (Lipinski definition) is 5. The number of anilines is 2. The maximum atomic E-state index is 11.0. The van der Waals surface area contributed by atoms with Gasteiger partial charge in [-0.05, 0) is 32.1 Å². The summed E-state index contributed by atoms with van der Waals surface area (Å²) < 4.78 is 0. The molecule has 0 saturated heterocycles. The number of likely N-dealkylation sites (N-methyl/N-ethyl adjacent to an activating group) is 1. The summed E-state index contributed by atoms with van der Waals surface area (Å²) in [6.07, 6.45) is 0. The summed E-state index contributed by atoms with van der Waals surface area (Å²) in [4.78, 5) is 12.9. The van der Waals surface area contributed by atoms with Crippen molar-refractivity contribution in [2.24, 2.45) is 0 Å². The highest BCUT2D eigenvalue weighted by Gasteiger charge is 2.19. The zero-order valence-electron chi connectivity index (χ0n) is 11.7. The number of nitro groups is 1. The van der Waals surface area contributed by atoms with Crippen LogP contribution in [0.15, 0.2) is 18.2 Å². The van der Waals surface area contributed by atoms with Gasteiger partial charge in [-0.2, -0.15) is 0 Å². The minimum absolute atomic E-state index is 0.0473. The predicted octanol–water partition coefficient (Wildman–Crippen LogP) is 2.32. The molecule has 0 aliphatic heterocycles. The molecular formula is C13H22N4O2. The molecule has 106 valence electrons. The monoisotopic (exact) mass is 266 g/mol. The van der Waals surface area contributed by atoms with Crippen LogP contribution in [0.25, 0.3) is 0 Å². The van der Waals surface area contributed by atoms with Crippen molar-refractivity contribution in [1.29, 1.82) is 0 Å². The molecular weight excluding hydrogens is 244 g/mol. The average molecular weight is 266 g/mol. The zero-order valence-corrected chi connectivity index (χ0v) is 11.7. The highest BCUT2D eigenvalue weighted by atomic mass is 16.6. The summed E-state index contributed by atoms with van der Waals surface area (Å²) >= 11 is 0. The summed E-state index contributed by atoms with van der Waals surface area (Å²) in [7, 11) is 0. The normalized spacial score (nSPS) is 12.4. The van der Waals surface area contributed by atoms with Gasteiger partial charge >= 0.3 is 5.69 Å². The van der Waals surface area contributed by atoms with Gasteiger partial charge in [-0.1, -0.05) is 19.9 Å². The Bertz CT molecular complexity index is 433. The molecule has 0 spiro atoms. The van der Waals surface area contributed by atoms with Crippen LogP contribution in [-0.2, 0) is 0 Å². The minimum Gasteiger partial charge on any atom is -0.393 e. The molecule has 0 radical (unpaired) electrons. The van der Waals surface area contributed by atoms with E-state index in [1.165, 1.54) is 0 Å². The second-order valence-electron chi connectivity index (χ2n) is 4.53. The van der Waals surface area contributed by atoms with Gasteiger partial charge in [-0.15, -0.1) is 0 Å². The fourth-order valence-corrected chi connectivity index (χ4v) is 2.06. The standard InChI is InChI=1S/C13H22N4O2/c1-4-16(5-2)9-10(3)15-12-8-6-7-11(14)13(12)17(18)19/h6-8,10,15H,4-5,9,14H2,1-3H3. The van der Waals surface area contributed by atoms with Crippen LogP contribution in [-0.4, -0.2) is 35.5 Å². The molecule has 6 heteroatoms. The third-order valence-corrected chi connectivity index (χ3v) is 3.08. The molecule has 1 unspecified atom stereocenters. The van der Waals surface area contributed by atoms with Crippen LogP contribution in [0.3, 0.4) is 0 Å². The molecule has 1 aromatic carbocycles. The lowest BCUT2D eigenvalue weighted by Gasteiger charge is -2.24. The van der Waals surface area contributed by atoms with Crippen molar-refractivity contribution in [2.45, 2.75) is 26.8 Å². The summed E-state index contributed by atoms with van der Waals surface area (Å²) in [5.41, 5.74) is 6.27. The fraction of sp³-hybridized carbons (Fsp3) is 0.538. The van der Waals surface area contributed by atoms with Gasteiger partial charge in [0.15, 0.2) is 0 Å². The van der Waals surface area contributed by atoms with Crippen molar-refractivity contribution in [1.82, 2.24) is 4.90 Å². The molecule has 0 aromatic heterocycles. The van der Waals surface area contributed by atoms with Crippen molar-refractivity contribution in [2.75, 3.05) is 30.7 Å². The Labute approximate surface area is 113 Å². The van der Waals surface area contributed by atoms with E-state index in [0.29, 0.717) is 5.69 Å². The Morgan fingerprint density at radius 2 is 2.05 bits per heavy atom. The number of rotatable bonds is 7. The maximum absolute atomic E-state index is 11.0. The minimum atomic E-state index is -0.443. The summed E-state index contributed by atoms with van der Waals surface area (Å²) in [5, 5.41) is 14.2. The average Bonchev–Trinajstić information content (AvgIpc) is 2.35. The Morgan fingerprint density at radius 1 is 1.42 bits per heavy atom. The van der Waals surface area contributed by atoms with Crippen LogP contribution < -0.4 is 11.1 Å². The Morgan fingerprint density at radius 3 is 2.58 bits per heavy atom. The number of nitrogens with zero attached hydrogens (tertiary/aromatic N) is 2. The van der Waals surface area contributed by atoms with E-state index in [0.717, 1.165) is 19.6 Å². The molecule has 19 heavy (non-hydrogen) atoms. The van der Waals surface area contributed by atoms with Crippen molar-refractivity contribution in [3.05, 3.63) is 28.3 Å². The van der Waals surface area contributed by atoms with E-state index in [4.69, 9.17) is 5.73 Å². The highest BCUT2D eigenvalue weighted by Crippen LogP contribution is 2.30. The van der Waals surface area contributed by atoms with Crippen molar-refractivity contribution in [3.63, 3.8) is 0 Å². The second kappa shape index (κ2) is 6.94. The van der Waals surface area contributed by atoms with Gasteiger partial charge in [0.05, 0.1) is 4.92 Å². The van der Waals surface area contributed by atoms with E-state index >= 15 is 0 Å². The first-order valence-electron chi connectivity index (χ1n) is 6.51. The Hall–Kier alpha value is -1.82. The maximum Gasteiger partial charge on any atom is 0.314 e. The van der Waals surface area contributed by atoms with Crippen LogP contribution in [0, 0.1) is 10.1 Å². The molecule has 6 nitrogen and oxygen atoms in total. The van der Waals surface area contributed by atoms with Crippen LogP contribution >= 0.6 is 0 Å². The van der Waals surface area contributed by atoms with Crippen LogP contribution in [0.5, 0.6) is 0 Å². The summed E-state index contributed by atoms with van der Waals surface area (Å²) in [6.45, 7) is 8.95. The van der Waals surface area contributed by atoms with Gasteiger partial charge in [0.1, 0.15) is 11.4 Å². The highest BCUT2D eigenvalue weighted by molar-refractivity contribution is 5.74. The quantitative estimate of drug-likeness (QED) is 0.449. The molecule has 0 aliphatic rings. The summed E-state index contributed by atoms with van der Waals surface area (Å²) in [6, 6.07) is 5.06. The number of nitro benzene ring substituents is 1. The van der Waals surface area contributed by atoms with E-state index < -0.39 is 4.92 Å². The first kappa shape index (κ1) is 15.2. The fourth-order valence-electron chi connectivity index (χ4n) is 2.06. The molecule has 0 amide bonds. The molecule has 1 rings (SSSR count). The topological polar surface area (TPSA) is 84.4 Å². The predicted molar refractivity (Wildman–Crippen MR) is 78.4 cm³/mol. The summed E-state index contributed by atoms with van der Waals surface area (Å²) in [5.74, 6) is 0. The van der Waals surface area contributed by atoms with E-state index in [-0.39, 0.29) is 17.4 Å². The molecule has 3 N–H and O–H groups in total. The lowest BCUT2D eigenvalue weighted by Crippen LogP contribution is -2.34. The first-order valence-corrected chi connectivity index (χ1v) is 6.51. The van der Waals surface area contributed by atoms with Crippen LogP contribution in [0.2, 0.25) is 0 Å². The van der Waals surface area contributed by atoms with Crippen LogP contribution in [0.4, 0.5) is 17.1 Å². The smallest absolute Gasteiger partial charge is 0.314 e. The number of hydrogen-bond donors (Lipinski definition) is 2. The Kier molecular flexibility index (Phi) is 5.57. The zero-order chi connectivity index (χ0) is 14.4. The molecule has 1 atom stereocenters. The van der Waals surface area contributed by atoms with Gasteiger partial charge in [0.2, 0.25) is 0 Å². The molecule has 1 aromatic rings. The van der Waals surface area contributed by atoms with Gasteiger partial charge < -0.3 is 16.0 Å².